The lowest BCUT2D eigenvalue weighted by Crippen LogP contribution is -2.40. The topological polar surface area (TPSA) is 113 Å². The summed E-state index contributed by atoms with van der Waals surface area (Å²) in [7, 11) is -3.55. The first kappa shape index (κ1) is 25.0. The van der Waals surface area contributed by atoms with E-state index in [0.717, 1.165) is 14.2 Å². The number of hydrogen-bond acceptors (Lipinski definition) is 6. The van der Waals surface area contributed by atoms with Gasteiger partial charge in [0.15, 0.2) is 0 Å². The number of rotatable bonds is 10. The zero-order chi connectivity index (χ0) is 23.2. The van der Waals surface area contributed by atoms with Gasteiger partial charge in [0.05, 0.1) is 22.9 Å². The molecule has 1 amide bonds. The van der Waals surface area contributed by atoms with Gasteiger partial charge in [0.2, 0.25) is 26.0 Å². The molecular formula is C20H27N3O6S2. The summed E-state index contributed by atoms with van der Waals surface area (Å²) in [4.78, 5) is 12.3. The molecule has 0 aliphatic heterocycles. The molecule has 9 nitrogen and oxygen atoms in total. The molecular weight excluding hydrogens is 442 g/mol. The normalized spacial score (nSPS) is 12.3. The predicted molar refractivity (Wildman–Crippen MR) is 118 cm³/mol. The van der Waals surface area contributed by atoms with Crippen molar-refractivity contribution in [2.45, 2.75) is 16.7 Å². The number of anilines is 1. The first-order valence-electron chi connectivity index (χ1n) is 9.36. The van der Waals surface area contributed by atoms with Gasteiger partial charge in [-0.05, 0) is 43.3 Å². The highest BCUT2D eigenvalue weighted by molar-refractivity contribution is 7.89. The molecule has 0 fully saturated rings. The van der Waals surface area contributed by atoms with E-state index in [-0.39, 0.29) is 22.9 Å². The summed E-state index contributed by atoms with van der Waals surface area (Å²) in [6.45, 7) is 1.54. The van der Waals surface area contributed by atoms with Crippen LogP contribution in [-0.2, 0) is 29.6 Å². The Balaban J connectivity index is 2.24. The van der Waals surface area contributed by atoms with Gasteiger partial charge in [-0.25, -0.2) is 21.1 Å². The van der Waals surface area contributed by atoms with E-state index in [1.165, 1.54) is 45.5 Å². The smallest absolute Gasteiger partial charge is 0.243 e. The summed E-state index contributed by atoms with van der Waals surface area (Å²) in [5.74, 6) is -0.504. The number of ether oxygens (including phenoxy) is 1. The average molecular weight is 470 g/mol. The highest BCUT2D eigenvalue weighted by Gasteiger charge is 2.27. The molecule has 2 aromatic carbocycles. The third-order valence-electron chi connectivity index (χ3n) is 4.44. The Kier molecular flexibility index (Phi) is 8.32. The van der Waals surface area contributed by atoms with E-state index in [9.17, 15) is 21.6 Å². The minimum Gasteiger partial charge on any atom is -0.383 e. The number of carbonyl (C=O) groups excluding carboxylic acids is 1. The highest BCUT2D eigenvalue weighted by Crippen LogP contribution is 2.20. The Morgan fingerprint density at radius 1 is 0.903 bits per heavy atom. The standard InChI is InChI=1S/C20H27N3O6S2/c1-16-5-7-17(8-6-16)21-20(24)15-23(13-14-29-4)31(27,28)19-11-9-18(10-12-19)30(25,26)22(2)3/h5-12H,13-15H2,1-4H3,(H,21,24). The Labute approximate surface area is 183 Å². The second-order valence-corrected chi connectivity index (χ2v) is 11.1. The summed E-state index contributed by atoms with van der Waals surface area (Å²) < 4.78 is 57.6. The average Bonchev–Trinajstić information content (AvgIpc) is 2.72. The van der Waals surface area contributed by atoms with Gasteiger partial charge in [-0.1, -0.05) is 17.7 Å². The zero-order valence-electron chi connectivity index (χ0n) is 17.9. The number of carbonyl (C=O) groups is 1. The second-order valence-electron chi connectivity index (χ2n) is 7.00. The lowest BCUT2D eigenvalue weighted by atomic mass is 10.2. The second kappa shape index (κ2) is 10.3. The molecule has 0 aliphatic carbocycles. The predicted octanol–water partition coefficient (Wildman–Crippen LogP) is 1.52. The molecule has 31 heavy (non-hydrogen) atoms. The van der Waals surface area contributed by atoms with Crippen LogP contribution in [-0.4, -0.2) is 72.3 Å². The number of aryl methyl sites for hydroxylation is 1. The van der Waals surface area contributed by atoms with Crippen molar-refractivity contribution in [1.82, 2.24) is 8.61 Å². The van der Waals surface area contributed by atoms with Crippen molar-refractivity contribution in [3.63, 3.8) is 0 Å². The van der Waals surface area contributed by atoms with E-state index in [1.807, 2.05) is 19.1 Å². The zero-order valence-corrected chi connectivity index (χ0v) is 19.5. The minimum absolute atomic E-state index is 0.0306. The van der Waals surface area contributed by atoms with Gasteiger partial charge < -0.3 is 10.1 Å². The summed E-state index contributed by atoms with van der Waals surface area (Å²) in [5, 5.41) is 2.67. The fraction of sp³-hybridized carbons (Fsp3) is 0.350. The maximum Gasteiger partial charge on any atom is 0.243 e. The van der Waals surface area contributed by atoms with Gasteiger partial charge in [0, 0.05) is 33.4 Å². The van der Waals surface area contributed by atoms with Crippen LogP contribution in [0.1, 0.15) is 5.56 Å². The number of sulfonamides is 2. The third kappa shape index (κ3) is 6.34. The molecule has 2 rings (SSSR count). The summed E-state index contributed by atoms with van der Waals surface area (Å²) >= 11 is 0. The number of benzene rings is 2. The number of nitrogens with zero attached hydrogens (tertiary/aromatic N) is 2. The fourth-order valence-electron chi connectivity index (χ4n) is 2.62. The van der Waals surface area contributed by atoms with E-state index in [2.05, 4.69) is 5.32 Å². The van der Waals surface area contributed by atoms with Crippen molar-refractivity contribution in [1.29, 1.82) is 0 Å². The van der Waals surface area contributed by atoms with Gasteiger partial charge in [-0.15, -0.1) is 0 Å². The molecule has 0 unspecified atom stereocenters. The van der Waals surface area contributed by atoms with Crippen LogP contribution in [0.5, 0.6) is 0 Å². The molecule has 0 aliphatic rings. The Hall–Kier alpha value is -2.31. The van der Waals surface area contributed by atoms with E-state index >= 15 is 0 Å². The van der Waals surface area contributed by atoms with Crippen LogP contribution in [0.25, 0.3) is 0 Å². The third-order valence-corrected chi connectivity index (χ3v) is 8.13. The molecule has 11 heteroatoms. The molecule has 0 radical (unpaired) electrons. The van der Waals surface area contributed by atoms with Crippen LogP contribution < -0.4 is 5.32 Å². The maximum absolute atomic E-state index is 13.1. The largest absolute Gasteiger partial charge is 0.383 e. The quantitative estimate of drug-likeness (QED) is 0.565. The lowest BCUT2D eigenvalue weighted by Gasteiger charge is -2.22. The molecule has 1 N–H and O–H groups in total. The number of hydrogen-bond donors (Lipinski definition) is 1. The van der Waals surface area contributed by atoms with Gasteiger partial charge in [0.1, 0.15) is 0 Å². The van der Waals surface area contributed by atoms with Crippen LogP contribution in [0.2, 0.25) is 0 Å². The van der Waals surface area contributed by atoms with Crippen LogP contribution in [0.15, 0.2) is 58.3 Å². The van der Waals surface area contributed by atoms with Gasteiger partial charge in [-0.2, -0.15) is 4.31 Å². The van der Waals surface area contributed by atoms with Crippen LogP contribution in [0, 0.1) is 6.92 Å². The molecule has 0 spiro atoms. The number of amides is 1. The van der Waals surface area contributed by atoms with E-state index in [4.69, 9.17) is 4.74 Å². The Bertz CT molecular complexity index is 1100. The van der Waals surface area contributed by atoms with Crippen molar-refractivity contribution in [2.75, 3.05) is 46.2 Å². The van der Waals surface area contributed by atoms with E-state index in [1.54, 1.807) is 12.1 Å². The van der Waals surface area contributed by atoms with Crippen molar-refractivity contribution < 1.29 is 26.4 Å². The summed E-state index contributed by atoms with van der Waals surface area (Å²) in [5.41, 5.74) is 1.58. The van der Waals surface area contributed by atoms with Crippen molar-refractivity contribution in [3.8, 4) is 0 Å². The van der Waals surface area contributed by atoms with Crippen LogP contribution in [0.4, 0.5) is 5.69 Å². The lowest BCUT2D eigenvalue weighted by molar-refractivity contribution is -0.116. The first-order valence-corrected chi connectivity index (χ1v) is 12.2. The minimum atomic E-state index is -4.07. The molecule has 0 saturated carbocycles. The molecule has 0 aromatic heterocycles. The van der Waals surface area contributed by atoms with Gasteiger partial charge in [0.25, 0.3) is 0 Å². The molecule has 0 bridgehead atoms. The Morgan fingerprint density at radius 3 is 1.90 bits per heavy atom. The van der Waals surface area contributed by atoms with Gasteiger partial charge in [-0.3, -0.25) is 4.79 Å². The van der Waals surface area contributed by atoms with Crippen LogP contribution >= 0.6 is 0 Å². The van der Waals surface area contributed by atoms with Crippen molar-refractivity contribution in [2.24, 2.45) is 0 Å². The monoisotopic (exact) mass is 469 g/mol. The summed E-state index contributed by atoms with van der Waals surface area (Å²) in [6, 6.07) is 12.0. The van der Waals surface area contributed by atoms with E-state index in [0.29, 0.717) is 5.69 Å². The molecule has 170 valence electrons. The van der Waals surface area contributed by atoms with Gasteiger partial charge >= 0.3 is 0 Å². The van der Waals surface area contributed by atoms with E-state index < -0.39 is 32.5 Å². The fourth-order valence-corrected chi connectivity index (χ4v) is 4.90. The maximum atomic E-state index is 13.1. The number of methoxy groups -OCH3 is 1. The highest BCUT2D eigenvalue weighted by atomic mass is 32.2. The molecule has 0 saturated heterocycles. The molecule has 0 atom stereocenters. The van der Waals surface area contributed by atoms with Crippen LogP contribution in [0.3, 0.4) is 0 Å². The van der Waals surface area contributed by atoms with Crippen molar-refractivity contribution in [3.05, 3.63) is 54.1 Å². The number of nitrogens with one attached hydrogen (secondary N) is 1. The Morgan fingerprint density at radius 2 is 1.42 bits per heavy atom. The summed E-state index contributed by atoms with van der Waals surface area (Å²) in [6.07, 6.45) is 0. The SMILES string of the molecule is COCCN(CC(=O)Nc1ccc(C)cc1)S(=O)(=O)c1ccc(S(=O)(=O)N(C)C)cc1. The van der Waals surface area contributed by atoms with Crippen molar-refractivity contribution >= 4 is 31.6 Å². The first-order chi connectivity index (χ1) is 14.5. The molecule has 0 heterocycles. The molecule has 2 aromatic rings.